The molecule has 0 saturated carbocycles. The fourth-order valence-corrected chi connectivity index (χ4v) is 6.97. The minimum Gasteiger partial charge on any atom is -0.664 e. The van der Waals surface area contributed by atoms with Crippen LogP contribution in [-0.2, 0) is 25.5 Å². The van der Waals surface area contributed by atoms with Crippen LogP contribution >= 0.6 is 0 Å². The fraction of sp³-hybridized carbons (Fsp3) is 0.333. The molecule has 0 spiro atoms. The average Bonchev–Trinajstić information content (AvgIpc) is 3.79. The Labute approximate surface area is 288 Å². The van der Waals surface area contributed by atoms with E-state index in [2.05, 4.69) is 6.58 Å². The smallest absolute Gasteiger partial charge is 0.664 e. The molecular weight excluding hydrogens is 609 g/mol. The van der Waals surface area contributed by atoms with E-state index in [0.29, 0.717) is 80.0 Å². The van der Waals surface area contributed by atoms with Crippen molar-refractivity contribution in [2.75, 3.05) is 14.2 Å². The van der Waals surface area contributed by atoms with Gasteiger partial charge >= 0.3 is 35.0 Å². The molecule has 0 amide bonds. The molecule has 3 aromatic heterocycles. The van der Waals surface area contributed by atoms with Gasteiger partial charge in [-0.25, -0.2) is 0 Å². The molecule has 238 valence electrons. The van der Waals surface area contributed by atoms with E-state index >= 15 is 0 Å². The number of rotatable bonds is 7. The normalized spacial score (nSPS) is 23.3. The summed E-state index contributed by atoms with van der Waals surface area (Å²) in [6, 6.07) is 0. The molecule has 0 radical (unpaired) electrons. The summed E-state index contributed by atoms with van der Waals surface area (Å²) in [6.45, 7) is 11.7. The van der Waals surface area contributed by atoms with Crippen molar-refractivity contribution in [3.63, 3.8) is 0 Å². The molecule has 1 fully saturated rings. The molecule has 0 unspecified atom stereocenters. The summed E-state index contributed by atoms with van der Waals surface area (Å²) >= 11 is 0. The van der Waals surface area contributed by atoms with E-state index in [-0.39, 0.29) is 47.3 Å². The summed E-state index contributed by atoms with van der Waals surface area (Å²) in [5.41, 5.74) is 7.58. The Morgan fingerprint density at radius 1 is 0.957 bits per heavy atom. The van der Waals surface area contributed by atoms with E-state index in [9.17, 15) is 19.2 Å². The van der Waals surface area contributed by atoms with Gasteiger partial charge in [-0.3, -0.25) is 19.2 Å². The number of fused-ring (bicyclic) bond motifs is 7. The van der Waals surface area contributed by atoms with E-state index in [0.717, 1.165) is 23.0 Å². The van der Waals surface area contributed by atoms with Crippen molar-refractivity contribution in [1.82, 2.24) is 15.0 Å². The molecule has 0 aromatic carbocycles. The summed E-state index contributed by atoms with van der Waals surface area (Å²) in [5.74, 6) is -3.26. The molecular formula is C36H34MgN4O6-2. The number of hydrogen-bond donors (Lipinski definition) is 0. The number of Topliss-reactive ketones (excluding diaryl/α,β-unsaturated/α-hetero) is 1. The van der Waals surface area contributed by atoms with Crippen molar-refractivity contribution in [3.05, 3.63) is 90.1 Å². The average molecular weight is 643 g/mol. The maximum Gasteiger partial charge on any atom is 2.00 e. The molecule has 3 aromatic rings. The number of nitrogens with zero attached hydrogens (tertiary/aromatic N) is 4. The maximum atomic E-state index is 14.0. The third-order valence-corrected chi connectivity index (χ3v) is 9.51. The predicted octanol–water partition coefficient (Wildman–Crippen LogP) is 3.11. The predicted molar refractivity (Wildman–Crippen MR) is 178 cm³/mol. The Morgan fingerprint density at radius 2 is 1.66 bits per heavy atom. The van der Waals surface area contributed by atoms with E-state index in [1.54, 1.807) is 25.2 Å². The third kappa shape index (κ3) is 5.35. The van der Waals surface area contributed by atoms with Gasteiger partial charge in [0.15, 0.2) is 5.78 Å². The summed E-state index contributed by atoms with van der Waals surface area (Å²) < 4.78 is 10.1. The largest absolute Gasteiger partial charge is 2.00 e. The number of aldehydes is 1. The van der Waals surface area contributed by atoms with Gasteiger partial charge in [0, 0.05) is 17.5 Å². The van der Waals surface area contributed by atoms with Gasteiger partial charge in [0.1, 0.15) is 12.2 Å². The van der Waals surface area contributed by atoms with Crippen LogP contribution in [0.1, 0.15) is 92.4 Å². The molecule has 1 aliphatic carbocycles. The second kappa shape index (κ2) is 13.0. The SMILES string of the molecule is C=Cc1c2[n-]c(c1C)/C=C1\[N-]/C(=C3\c4[n-]c(c(C)c4C(=O)[C@@H]3C(=O)OC)/C=c3\[n-]/c(c(C=O)c3CC)=C\2)[C@@H](CCC(=O)OC)[C@@H]1C.[Mg+2]. The minimum absolute atomic E-state index is 0. The molecule has 8 bridgehead atoms. The van der Waals surface area contributed by atoms with Gasteiger partial charge in [0.05, 0.1) is 14.2 Å². The van der Waals surface area contributed by atoms with E-state index in [1.807, 2.05) is 26.8 Å². The van der Waals surface area contributed by atoms with E-state index < -0.39 is 17.7 Å². The Hall–Kier alpha value is -4.35. The van der Waals surface area contributed by atoms with Crippen molar-refractivity contribution in [2.24, 2.45) is 17.8 Å². The third-order valence-electron chi connectivity index (χ3n) is 9.51. The molecule has 3 aliphatic rings. The molecule has 2 aliphatic heterocycles. The van der Waals surface area contributed by atoms with Gasteiger partial charge < -0.3 is 29.7 Å². The number of esters is 2. The molecule has 10 nitrogen and oxygen atoms in total. The van der Waals surface area contributed by atoms with Gasteiger partial charge in [0.25, 0.3) is 0 Å². The van der Waals surface area contributed by atoms with Crippen molar-refractivity contribution in [1.29, 1.82) is 0 Å². The maximum absolute atomic E-state index is 14.0. The minimum atomic E-state index is -1.25. The Morgan fingerprint density at radius 3 is 2.30 bits per heavy atom. The van der Waals surface area contributed by atoms with Crippen LogP contribution < -0.4 is 25.7 Å². The second-order valence-electron chi connectivity index (χ2n) is 11.8. The van der Waals surface area contributed by atoms with Crippen molar-refractivity contribution < 1.29 is 28.7 Å². The monoisotopic (exact) mass is 642 g/mol. The van der Waals surface area contributed by atoms with Crippen LogP contribution in [0.4, 0.5) is 0 Å². The molecule has 6 rings (SSSR count). The second-order valence-corrected chi connectivity index (χ2v) is 11.8. The first-order valence-electron chi connectivity index (χ1n) is 15.3. The van der Waals surface area contributed by atoms with Crippen LogP contribution in [0.15, 0.2) is 18.0 Å². The van der Waals surface area contributed by atoms with Crippen LogP contribution in [0.3, 0.4) is 0 Å². The molecule has 47 heavy (non-hydrogen) atoms. The van der Waals surface area contributed by atoms with Crippen LogP contribution in [0.5, 0.6) is 0 Å². The van der Waals surface area contributed by atoms with Gasteiger partial charge in [0.2, 0.25) is 0 Å². The molecule has 1 saturated heterocycles. The topological polar surface area (TPSA) is 143 Å². The zero-order valence-electron chi connectivity index (χ0n) is 27.4. The zero-order valence-corrected chi connectivity index (χ0v) is 28.8. The quantitative estimate of drug-likeness (QED) is 0.164. The summed E-state index contributed by atoms with van der Waals surface area (Å²) in [6.07, 6.45) is 9.05. The molecule has 3 atom stereocenters. The zero-order chi connectivity index (χ0) is 33.0. The number of carbonyl (C=O) groups excluding carboxylic acids is 4. The number of ether oxygens (including phenoxy) is 2. The number of allylic oxidation sites excluding steroid dienone is 2. The first kappa shape index (κ1) is 34.0. The Bertz CT molecular complexity index is 2040. The number of aromatic nitrogens is 3. The Kier molecular flexibility index (Phi) is 9.43. The fourth-order valence-electron chi connectivity index (χ4n) is 6.97. The standard InChI is InChI=1S/C36H35N4O6.Mg/c1-8-19-16(3)23-12-24-17(4)21(10-11-29(42)45-6)33(39-24)31-32(36(44)46-7)35(43)30-18(5)25(40-34(30)31)13-27-20(9-2)22(15-41)28(38-27)14-26(19)37-23;/h8,12-15,17,21,32H,1,9-11H2,2-7H3,(H-,39,40,41,43);/q-3;+2/p-1/b24-12-,28-14-;/t17-,21-,32+;/m0./s1. The summed E-state index contributed by atoms with van der Waals surface area (Å²) in [5, 5.41) is 6.12. The van der Waals surface area contributed by atoms with E-state index in [4.69, 9.17) is 29.7 Å². The Balaban J connectivity index is 0.00000433. The number of carbonyl (C=O) groups is 4. The first-order chi connectivity index (χ1) is 22.1. The van der Waals surface area contributed by atoms with E-state index in [1.165, 1.54) is 14.2 Å². The number of ketones is 1. The van der Waals surface area contributed by atoms with Crippen LogP contribution in [-0.4, -0.2) is 61.3 Å². The van der Waals surface area contributed by atoms with Gasteiger partial charge in [-0.2, -0.15) is 11.4 Å². The summed E-state index contributed by atoms with van der Waals surface area (Å²) in [7, 11) is 2.59. The summed E-state index contributed by atoms with van der Waals surface area (Å²) in [4.78, 5) is 66.7. The van der Waals surface area contributed by atoms with Crippen molar-refractivity contribution in [3.8, 4) is 0 Å². The first-order valence-corrected chi connectivity index (χ1v) is 15.3. The number of methoxy groups -OCH3 is 2. The van der Waals surface area contributed by atoms with Crippen LogP contribution in [0.25, 0.3) is 35.2 Å². The molecule has 5 heterocycles. The van der Waals surface area contributed by atoms with Gasteiger partial charge in [-0.1, -0.05) is 67.0 Å². The number of hydrogen-bond acceptors (Lipinski definition) is 6. The van der Waals surface area contributed by atoms with Gasteiger partial charge in [-0.15, -0.1) is 33.5 Å². The van der Waals surface area contributed by atoms with Crippen molar-refractivity contribution >= 4 is 76.9 Å². The van der Waals surface area contributed by atoms with Crippen LogP contribution in [0, 0.1) is 31.6 Å². The van der Waals surface area contributed by atoms with Gasteiger partial charge in [-0.05, 0) is 44.1 Å². The van der Waals surface area contributed by atoms with Crippen LogP contribution in [0.2, 0.25) is 0 Å². The molecule has 0 N–H and O–H groups in total. The van der Waals surface area contributed by atoms with Crippen molar-refractivity contribution in [2.45, 2.75) is 47.0 Å². The molecule has 11 heteroatoms.